The van der Waals surface area contributed by atoms with E-state index in [1.807, 2.05) is 30.3 Å². The number of carbonyl (C=O) groups is 3. The van der Waals surface area contributed by atoms with Crippen molar-refractivity contribution in [2.75, 3.05) is 20.1 Å². The van der Waals surface area contributed by atoms with E-state index in [1.165, 1.54) is 6.92 Å². The third kappa shape index (κ3) is 4.92. The van der Waals surface area contributed by atoms with Crippen molar-refractivity contribution in [3.05, 3.63) is 52.8 Å². The molecule has 0 saturated carbocycles. The molecule has 1 aromatic carbocycles. The Bertz CT molecular complexity index is 893. The van der Waals surface area contributed by atoms with Crippen LogP contribution in [-0.4, -0.2) is 52.7 Å². The maximum atomic E-state index is 12.2. The number of amides is 4. The first-order chi connectivity index (χ1) is 14.0. The zero-order valence-electron chi connectivity index (χ0n) is 16.7. The standard InChI is InChI=1S/C20H26N6O3/c1-14(27)25-10-8-17-16(13-25)18(19(28)21-2)24-26(17)11-9-22-20(29)23-12-15-6-4-3-5-7-15/h3-7H,8-13H2,1-2H3,(H,21,28)(H2,22,23,29). The summed E-state index contributed by atoms with van der Waals surface area (Å²) in [5.74, 6) is -0.304. The quantitative estimate of drug-likeness (QED) is 0.664. The number of benzene rings is 1. The van der Waals surface area contributed by atoms with E-state index in [0.29, 0.717) is 44.8 Å². The third-order valence-electron chi connectivity index (χ3n) is 4.93. The summed E-state index contributed by atoms with van der Waals surface area (Å²) in [4.78, 5) is 37.6. The molecule has 1 aliphatic heterocycles. The minimum Gasteiger partial charge on any atom is -0.354 e. The van der Waals surface area contributed by atoms with Gasteiger partial charge in [-0.25, -0.2) is 4.79 Å². The Morgan fingerprint density at radius 2 is 1.90 bits per heavy atom. The van der Waals surface area contributed by atoms with Gasteiger partial charge in [-0.1, -0.05) is 30.3 Å². The summed E-state index contributed by atoms with van der Waals surface area (Å²) in [6, 6.07) is 9.41. The average molecular weight is 398 g/mol. The molecule has 0 fully saturated rings. The van der Waals surface area contributed by atoms with Crippen molar-refractivity contribution in [1.29, 1.82) is 0 Å². The van der Waals surface area contributed by atoms with Crippen molar-refractivity contribution in [2.24, 2.45) is 0 Å². The maximum Gasteiger partial charge on any atom is 0.315 e. The number of hydrogen-bond acceptors (Lipinski definition) is 4. The van der Waals surface area contributed by atoms with Gasteiger partial charge in [-0.3, -0.25) is 14.3 Å². The predicted molar refractivity (Wildman–Crippen MR) is 107 cm³/mol. The molecule has 1 aromatic heterocycles. The van der Waals surface area contributed by atoms with E-state index in [-0.39, 0.29) is 17.8 Å². The highest BCUT2D eigenvalue weighted by Crippen LogP contribution is 2.23. The van der Waals surface area contributed by atoms with Crippen LogP contribution in [0.2, 0.25) is 0 Å². The Balaban J connectivity index is 1.60. The summed E-state index contributed by atoms with van der Waals surface area (Å²) in [7, 11) is 1.55. The van der Waals surface area contributed by atoms with Gasteiger partial charge in [0.05, 0.1) is 6.54 Å². The minimum absolute atomic E-state index is 0.0250. The van der Waals surface area contributed by atoms with Crippen molar-refractivity contribution in [3.8, 4) is 0 Å². The Morgan fingerprint density at radius 1 is 1.14 bits per heavy atom. The normalized spacial score (nSPS) is 12.8. The molecule has 0 bridgehead atoms. The highest BCUT2D eigenvalue weighted by molar-refractivity contribution is 5.94. The van der Waals surface area contributed by atoms with Gasteiger partial charge < -0.3 is 20.9 Å². The topological polar surface area (TPSA) is 108 Å². The van der Waals surface area contributed by atoms with Crippen LogP contribution in [0.4, 0.5) is 4.79 Å². The van der Waals surface area contributed by atoms with Crippen LogP contribution >= 0.6 is 0 Å². The highest BCUT2D eigenvalue weighted by Gasteiger charge is 2.28. The first-order valence-corrected chi connectivity index (χ1v) is 9.61. The van der Waals surface area contributed by atoms with Gasteiger partial charge in [-0.15, -0.1) is 0 Å². The van der Waals surface area contributed by atoms with E-state index in [2.05, 4.69) is 21.0 Å². The number of aromatic nitrogens is 2. The van der Waals surface area contributed by atoms with Crippen molar-refractivity contribution in [3.63, 3.8) is 0 Å². The molecule has 2 aromatic rings. The van der Waals surface area contributed by atoms with Crippen molar-refractivity contribution < 1.29 is 14.4 Å². The molecule has 154 valence electrons. The number of hydrogen-bond donors (Lipinski definition) is 3. The van der Waals surface area contributed by atoms with E-state index < -0.39 is 0 Å². The highest BCUT2D eigenvalue weighted by atomic mass is 16.2. The van der Waals surface area contributed by atoms with E-state index in [9.17, 15) is 14.4 Å². The zero-order valence-corrected chi connectivity index (χ0v) is 16.7. The summed E-state index contributed by atoms with van der Waals surface area (Å²) < 4.78 is 1.76. The number of nitrogens with one attached hydrogen (secondary N) is 3. The first kappa shape index (κ1) is 20.4. The monoisotopic (exact) mass is 398 g/mol. The number of rotatable bonds is 6. The summed E-state index contributed by atoms with van der Waals surface area (Å²) in [6.07, 6.45) is 0.624. The van der Waals surface area contributed by atoms with Crippen molar-refractivity contribution in [1.82, 2.24) is 30.6 Å². The van der Waals surface area contributed by atoms with Crippen LogP contribution in [0.3, 0.4) is 0 Å². The molecule has 0 atom stereocenters. The maximum absolute atomic E-state index is 12.2. The Morgan fingerprint density at radius 3 is 2.59 bits per heavy atom. The minimum atomic E-state index is -0.279. The molecule has 2 heterocycles. The van der Waals surface area contributed by atoms with E-state index in [1.54, 1.807) is 16.6 Å². The van der Waals surface area contributed by atoms with Crippen molar-refractivity contribution >= 4 is 17.8 Å². The lowest BCUT2D eigenvalue weighted by Crippen LogP contribution is -2.37. The number of nitrogens with zero attached hydrogens (tertiary/aromatic N) is 3. The lowest BCUT2D eigenvalue weighted by atomic mass is 10.0. The Kier molecular flexibility index (Phi) is 6.48. The molecule has 0 radical (unpaired) electrons. The molecule has 29 heavy (non-hydrogen) atoms. The van der Waals surface area contributed by atoms with Crippen LogP contribution < -0.4 is 16.0 Å². The second-order valence-electron chi connectivity index (χ2n) is 6.86. The molecule has 0 aliphatic carbocycles. The molecule has 9 nitrogen and oxygen atoms in total. The lowest BCUT2D eigenvalue weighted by Gasteiger charge is -2.26. The van der Waals surface area contributed by atoms with Gasteiger partial charge in [-0.2, -0.15) is 5.10 Å². The van der Waals surface area contributed by atoms with Crippen LogP contribution in [0.5, 0.6) is 0 Å². The molecule has 9 heteroatoms. The Labute approximate surface area is 169 Å². The summed E-state index contributed by atoms with van der Waals surface area (Å²) in [5, 5.41) is 12.7. The third-order valence-corrected chi connectivity index (χ3v) is 4.93. The van der Waals surface area contributed by atoms with Gasteiger partial charge >= 0.3 is 6.03 Å². The number of fused-ring (bicyclic) bond motifs is 1. The fraction of sp³-hybridized carbons (Fsp3) is 0.400. The molecule has 1 aliphatic rings. The SMILES string of the molecule is CNC(=O)c1nn(CCNC(=O)NCc2ccccc2)c2c1CN(C(C)=O)CC2. The van der Waals surface area contributed by atoms with Crippen LogP contribution in [-0.2, 0) is 30.8 Å². The van der Waals surface area contributed by atoms with Gasteiger partial charge in [0.1, 0.15) is 0 Å². The summed E-state index contributed by atoms with van der Waals surface area (Å²) >= 11 is 0. The predicted octanol–water partition coefficient (Wildman–Crippen LogP) is 0.647. The van der Waals surface area contributed by atoms with Crippen LogP contribution in [0, 0.1) is 0 Å². The van der Waals surface area contributed by atoms with Crippen molar-refractivity contribution in [2.45, 2.75) is 33.0 Å². The summed E-state index contributed by atoms with van der Waals surface area (Å²) in [6.45, 7) is 3.75. The van der Waals surface area contributed by atoms with Gasteiger partial charge in [0, 0.05) is 57.8 Å². The molecule has 0 spiro atoms. The second kappa shape index (κ2) is 9.22. The number of urea groups is 1. The summed E-state index contributed by atoms with van der Waals surface area (Å²) in [5.41, 5.74) is 3.07. The van der Waals surface area contributed by atoms with Crippen LogP contribution in [0.25, 0.3) is 0 Å². The fourth-order valence-electron chi connectivity index (χ4n) is 3.36. The number of carbonyl (C=O) groups excluding carboxylic acids is 3. The zero-order chi connectivity index (χ0) is 20.8. The largest absolute Gasteiger partial charge is 0.354 e. The molecule has 3 rings (SSSR count). The van der Waals surface area contributed by atoms with Crippen LogP contribution in [0.15, 0.2) is 30.3 Å². The van der Waals surface area contributed by atoms with Crippen LogP contribution in [0.1, 0.15) is 34.2 Å². The Hall–Kier alpha value is -3.36. The molecule has 0 unspecified atom stereocenters. The first-order valence-electron chi connectivity index (χ1n) is 9.61. The smallest absolute Gasteiger partial charge is 0.315 e. The molecular weight excluding hydrogens is 372 g/mol. The van der Waals surface area contributed by atoms with Gasteiger partial charge in [-0.05, 0) is 5.56 Å². The van der Waals surface area contributed by atoms with E-state index in [4.69, 9.17) is 0 Å². The van der Waals surface area contributed by atoms with E-state index in [0.717, 1.165) is 16.8 Å². The van der Waals surface area contributed by atoms with E-state index >= 15 is 0 Å². The van der Waals surface area contributed by atoms with Gasteiger partial charge in [0.15, 0.2) is 5.69 Å². The lowest BCUT2D eigenvalue weighted by molar-refractivity contribution is -0.129. The van der Waals surface area contributed by atoms with Gasteiger partial charge in [0.25, 0.3) is 5.91 Å². The molecule has 3 N–H and O–H groups in total. The molecule has 0 saturated heterocycles. The second-order valence-corrected chi connectivity index (χ2v) is 6.86. The molecular formula is C20H26N6O3. The average Bonchev–Trinajstić information content (AvgIpc) is 3.10. The molecule has 4 amide bonds. The fourth-order valence-corrected chi connectivity index (χ4v) is 3.36. The van der Waals surface area contributed by atoms with Gasteiger partial charge in [0.2, 0.25) is 5.91 Å².